The lowest BCUT2D eigenvalue weighted by Crippen LogP contribution is -2.21. The Hall–Kier alpha value is -1.94. The van der Waals surface area contributed by atoms with Crippen LogP contribution in [0.15, 0.2) is 62.3 Å². The Balaban J connectivity index is 1.45. The number of halogens is 2. The van der Waals surface area contributed by atoms with E-state index in [2.05, 4.69) is 20.7 Å². The van der Waals surface area contributed by atoms with Crippen molar-refractivity contribution in [3.05, 3.63) is 70.5 Å². The molecule has 2 aromatic carbocycles. The van der Waals surface area contributed by atoms with Gasteiger partial charge >= 0.3 is 0 Å². The van der Waals surface area contributed by atoms with Gasteiger partial charge in [0.1, 0.15) is 5.82 Å². The van der Waals surface area contributed by atoms with Gasteiger partial charge in [-0.1, -0.05) is 76.8 Å². The van der Waals surface area contributed by atoms with Crippen molar-refractivity contribution in [1.82, 2.24) is 15.6 Å². The molecular formula is C19H16ClFN4OS3. The predicted molar refractivity (Wildman–Crippen MR) is 118 cm³/mol. The Kier molecular flexibility index (Phi) is 8.05. The monoisotopic (exact) mass is 466 g/mol. The van der Waals surface area contributed by atoms with Gasteiger partial charge in [0.15, 0.2) is 8.68 Å². The number of thioether (sulfide) groups is 2. The van der Waals surface area contributed by atoms with Gasteiger partial charge < -0.3 is 0 Å². The highest BCUT2D eigenvalue weighted by molar-refractivity contribution is 8.03. The second-order valence-electron chi connectivity index (χ2n) is 5.74. The largest absolute Gasteiger partial charge is 0.272 e. The Morgan fingerprint density at radius 2 is 1.83 bits per heavy atom. The molecule has 0 aliphatic rings. The van der Waals surface area contributed by atoms with E-state index in [1.54, 1.807) is 30.8 Å². The van der Waals surface area contributed by atoms with E-state index >= 15 is 0 Å². The summed E-state index contributed by atoms with van der Waals surface area (Å²) in [6.45, 7) is 1.74. The summed E-state index contributed by atoms with van der Waals surface area (Å²) >= 11 is 10.4. The van der Waals surface area contributed by atoms with E-state index in [-0.39, 0.29) is 17.5 Å². The summed E-state index contributed by atoms with van der Waals surface area (Å²) in [7, 11) is 0. The second kappa shape index (κ2) is 10.7. The van der Waals surface area contributed by atoms with Crippen LogP contribution >= 0.6 is 46.5 Å². The van der Waals surface area contributed by atoms with Gasteiger partial charge in [0.05, 0.1) is 11.5 Å². The molecule has 1 amide bonds. The first-order chi connectivity index (χ1) is 14.0. The predicted octanol–water partition coefficient (Wildman–Crippen LogP) is 5.26. The number of carbonyl (C=O) groups excluding carboxylic acids is 1. The zero-order valence-corrected chi connectivity index (χ0v) is 18.5. The molecule has 10 heteroatoms. The topological polar surface area (TPSA) is 67.2 Å². The van der Waals surface area contributed by atoms with Crippen molar-refractivity contribution in [2.24, 2.45) is 5.10 Å². The minimum atomic E-state index is -0.316. The first kappa shape index (κ1) is 21.8. The fraction of sp³-hybridized carbons (Fsp3) is 0.158. The lowest BCUT2D eigenvalue weighted by atomic mass is 10.1. The van der Waals surface area contributed by atoms with Gasteiger partial charge in [-0.05, 0) is 36.2 Å². The fourth-order valence-electron chi connectivity index (χ4n) is 2.13. The highest BCUT2D eigenvalue weighted by Crippen LogP contribution is 2.32. The maximum Gasteiger partial charge on any atom is 0.250 e. The van der Waals surface area contributed by atoms with Gasteiger partial charge in [0.2, 0.25) is 0 Å². The Labute approximate surface area is 185 Å². The van der Waals surface area contributed by atoms with Gasteiger partial charge in [-0.25, -0.2) is 9.82 Å². The molecule has 29 heavy (non-hydrogen) atoms. The molecule has 0 bridgehead atoms. The molecule has 150 valence electrons. The molecular weight excluding hydrogens is 451 g/mol. The summed E-state index contributed by atoms with van der Waals surface area (Å²) in [5.74, 6) is 0.307. The molecule has 0 radical (unpaired) electrons. The van der Waals surface area contributed by atoms with E-state index in [9.17, 15) is 9.18 Å². The van der Waals surface area contributed by atoms with E-state index in [1.165, 1.54) is 35.2 Å². The maximum atomic E-state index is 13.0. The number of aromatic nitrogens is 2. The lowest BCUT2D eigenvalue weighted by molar-refractivity contribution is -0.118. The summed E-state index contributed by atoms with van der Waals surface area (Å²) in [6.07, 6.45) is 0. The molecule has 3 rings (SSSR count). The molecule has 1 N–H and O–H groups in total. The SMILES string of the molecule is C/C(=N\NC(=O)CSc1nnc(SCc2ccccc2Cl)s1)c1ccc(F)cc1. The Morgan fingerprint density at radius 1 is 1.14 bits per heavy atom. The normalized spacial score (nSPS) is 11.5. The number of nitrogens with one attached hydrogen (secondary N) is 1. The molecule has 0 saturated carbocycles. The van der Waals surface area contributed by atoms with Crippen molar-refractivity contribution in [1.29, 1.82) is 0 Å². The van der Waals surface area contributed by atoms with Crippen LogP contribution in [0, 0.1) is 5.82 Å². The highest BCUT2D eigenvalue weighted by atomic mass is 35.5. The second-order valence-corrected chi connectivity index (χ2v) is 9.57. The van der Waals surface area contributed by atoms with Gasteiger partial charge in [0, 0.05) is 10.8 Å². The van der Waals surface area contributed by atoms with Crippen LogP contribution in [0.5, 0.6) is 0 Å². The quantitative estimate of drug-likeness (QED) is 0.279. The lowest BCUT2D eigenvalue weighted by Gasteiger charge is -2.02. The smallest absolute Gasteiger partial charge is 0.250 e. The van der Waals surface area contributed by atoms with E-state index < -0.39 is 0 Å². The summed E-state index contributed by atoms with van der Waals surface area (Å²) in [4.78, 5) is 12.0. The fourth-order valence-corrected chi connectivity index (χ4v) is 5.23. The van der Waals surface area contributed by atoms with Crippen LogP contribution < -0.4 is 5.43 Å². The van der Waals surface area contributed by atoms with E-state index in [1.807, 2.05) is 24.3 Å². The Morgan fingerprint density at radius 3 is 2.55 bits per heavy atom. The average molecular weight is 467 g/mol. The zero-order valence-electron chi connectivity index (χ0n) is 15.3. The molecule has 0 saturated heterocycles. The molecule has 0 unspecified atom stereocenters. The van der Waals surface area contributed by atoms with Gasteiger partial charge in [0.25, 0.3) is 5.91 Å². The molecule has 0 aliphatic heterocycles. The van der Waals surface area contributed by atoms with Crippen LogP contribution in [-0.4, -0.2) is 27.6 Å². The summed E-state index contributed by atoms with van der Waals surface area (Å²) in [6, 6.07) is 13.6. The van der Waals surface area contributed by atoms with Crippen LogP contribution in [0.2, 0.25) is 5.02 Å². The molecule has 3 aromatic rings. The van der Waals surface area contributed by atoms with Crippen molar-refractivity contribution in [3.63, 3.8) is 0 Å². The molecule has 0 spiro atoms. The standard InChI is InChI=1S/C19H16ClFN4OS3/c1-12(13-6-8-15(21)9-7-13)22-23-17(26)11-28-19-25-24-18(29-19)27-10-14-4-2-3-5-16(14)20/h2-9H,10-11H2,1H3,(H,23,26)/b22-12+. The van der Waals surface area contributed by atoms with E-state index in [0.717, 1.165) is 20.5 Å². The van der Waals surface area contributed by atoms with Crippen LogP contribution in [0.4, 0.5) is 4.39 Å². The van der Waals surface area contributed by atoms with Crippen molar-refractivity contribution < 1.29 is 9.18 Å². The molecule has 0 aliphatic carbocycles. The van der Waals surface area contributed by atoms with Crippen LogP contribution in [0.1, 0.15) is 18.1 Å². The zero-order chi connectivity index (χ0) is 20.6. The summed E-state index contributed by atoms with van der Waals surface area (Å²) in [5.41, 5.74) is 4.87. The molecule has 0 atom stereocenters. The number of nitrogens with zero attached hydrogens (tertiary/aromatic N) is 3. The number of hydrazone groups is 1. The summed E-state index contributed by atoms with van der Waals surface area (Å²) < 4.78 is 14.5. The average Bonchev–Trinajstić information content (AvgIpc) is 3.18. The van der Waals surface area contributed by atoms with Crippen molar-refractivity contribution in [3.8, 4) is 0 Å². The van der Waals surface area contributed by atoms with E-state index in [4.69, 9.17) is 11.6 Å². The third-order valence-corrected chi connectivity index (χ3v) is 7.24. The highest BCUT2D eigenvalue weighted by Gasteiger charge is 2.10. The molecule has 1 heterocycles. The van der Waals surface area contributed by atoms with Crippen LogP contribution in [0.25, 0.3) is 0 Å². The molecule has 0 fully saturated rings. The van der Waals surface area contributed by atoms with Crippen LogP contribution in [-0.2, 0) is 10.5 Å². The van der Waals surface area contributed by atoms with Crippen molar-refractivity contribution in [2.75, 3.05) is 5.75 Å². The van der Waals surface area contributed by atoms with Crippen LogP contribution in [0.3, 0.4) is 0 Å². The number of carbonyl (C=O) groups is 1. The summed E-state index contributed by atoms with van der Waals surface area (Å²) in [5, 5.41) is 13.0. The third-order valence-electron chi connectivity index (χ3n) is 3.63. The van der Waals surface area contributed by atoms with Gasteiger partial charge in [-0.2, -0.15) is 5.10 Å². The molecule has 5 nitrogen and oxygen atoms in total. The minimum absolute atomic E-state index is 0.171. The number of amides is 1. The minimum Gasteiger partial charge on any atom is -0.272 e. The third kappa shape index (κ3) is 6.81. The molecule has 1 aromatic heterocycles. The van der Waals surface area contributed by atoms with Gasteiger partial charge in [-0.15, -0.1) is 10.2 Å². The number of hydrogen-bond donors (Lipinski definition) is 1. The number of hydrogen-bond acceptors (Lipinski definition) is 7. The van der Waals surface area contributed by atoms with Gasteiger partial charge in [-0.3, -0.25) is 4.79 Å². The first-order valence-electron chi connectivity index (χ1n) is 8.43. The van der Waals surface area contributed by atoms with E-state index in [0.29, 0.717) is 15.8 Å². The Bertz CT molecular complexity index is 1010. The van der Waals surface area contributed by atoms with Crippen molar-refractivity contribution >= 4 is 58.1 Å². The maximum absolute atomic E-state index is 13.0. The first-order valence-corrected chi connectivity index (χ1v) is 11.6. The number of rotatable bonds is 8. The van der Waals surface area contributed by atoms with Crippen molar-refractivity contribution in [2.45, 2.75) is 21.4 Å². The number of benzene rings is 2.